The lowest BCUT2D eigenvalue weighted by Crippen LogP contribution is -2.37. The third-order valence-corrected chi connectivity index (χ3v) is 2.22. The van der Waals surface area contributed by atoms with Gasteiger partial charge in [-0.3, -0.25) is 4.79 Å². The van der Waals surface area contributed by atoms with Gasteiger partial charge >= 0.3 is 11.9 Å². The smallest absolute Gasteiger partial charge is 0.394 e. The molecule has 1 aliphatic carbocycles. The molecule has 0 aromatic heterocycles. The summed E-state index contributed by atoms with van der Waals surface area (Å²) in [5, 5.41) is 10.8. The quantitative estimate of drug-likeness (QED) is 0.560. The molecule has 1 saturated carbocycles. The lowest BCUT2D eigenvalue weighted by Gasteiger charge is -2.09. The van der Waals surface area contributed by atoms with Crippen LogP contribution in [0.5, 0.6) is 0 Å². The first-order valence-electron chi connectivity index (χ1n) is 4.13. The molecule has 0 heterocycles. The monoisotopic (exact) mass is 171 g/mol. The molecule has 0 aliphatic heterocycles. The van der Waals surface area contributed by atoms with E-state index in [1.54, 1.807) is 0 Å². The highest BCUT2D eigenvalue weighted by Gasteiger charge is 2.24. The second kappa shape index (κ2) is 3.56. The van der Waals surface area contributed by atoms with E-state index in [0.29, 0.717) is 5.92 Å². The summed E-state index contributed by atoms with van der Waals surface area (Å²) in [6.07, 6.45) is 2.88. The summed E-state index contributed by atoms with van der Waals surface area (Å²) in [5.41, 5.74) is 0. The number of carboxylic acid groups (broad SMARTS) is 1. The normalized spacial score (nSPS) is 28.4. The Hall–Kier alpha value is -1.06. The Morgan fingerprint density at radius 1 is 1.42 bits per heavy atom. The number of nitrogens with one attached hydrogen (secondary N) is 1. The molecule has 68 valence electrons. The fourth-order valence-electron chi connectivity index (χ4n) is 1.59. The van der Waals surface area contributed by atoms with Crippen LogP contribution in [0.4, 0.5) is 0 Å². The van der Waals surface area contributed by atoms with Crippen LogP contribution in [-0.4, -0.2) is 23.0 Å². The molecule has 1 fully saturated rings. The highest BCUT2D eigenvalue weighted by Crippen LogP contribution is 2.24. The van der Waals surface area contributed by atoms with Crippen LogP contribution >= 0.6 is 0 Å². The molecule has 0 spiro atoms. The Morgan fingerprint density at radius 2 is 2.08 bits per heavy atom. The van der Waals surface area contributed by atoms with Crippen LogP contribution in [0.1, 0.15) is 26.2 Å². The van der Waals surface area contributed by atoms with Crippen LogP contribution in [0.15, 0.2) is 0 Å². The van der Waals surface area contributed by atoms with Gasteiger partial charge in [0.2, 0.25) is 0 Å². The second-order valence-electron chi connectivity index (χ2n) is 3.39. The second-order valence-corrected chi connectivity index (χ2v) is 3.39. The summed E-state index contributed by atoms with van der Waals surface area (Å²) in [6, 6.07) is 0.0728. The minimum Gasteiger partial charge on any atom is -0.474 e. The van der Waals surface area contributed by atoms with Crippen LogP contribution < -0.4 is 5.32 Å². The number of hydrogen-bond acceptors (Lipinski definition) is 2. The zero-order valence-electron chi connectivity index (χ0n) is 7.04. The molecule has 2 atom stereocenters. The molecule has 2 unspecified atom stereocenters. The van der Waals surface area contributed by atoms with Crippen molar-refractivity contribution >= 4 is 11.9 Å². The third kappa shape index (κ3) is 2.22. The van der Waals surface area contributed by atoms with Crippen LogP contribution in [0, 0.1) is 5.92 Å². The van der Waals surface area contributed by atoms with Gasteiger partial charge in [0, 0.05) is 6.04 Å². The number of carboxylic acids is 1. The molecule has 1 aliphatic rings. The van der Waals surface area contributed by atoms with Crippen molar-refractivity contribution in [1.82, 2.24) is 5.32 Å². The van der Waals surface area contributed by atoms with E-state index < -0.39 is 11.9 Å². The van der Waals surface area contributed by atoms with Gasteiger partial charge in [0.15, 0.2) is 0 Å². The molecule has 0 aromatic carbocycles. The minimum absolute atomic E-state index is 0.0728. The summed E-state index contributed by atoms with van der Waals surface area (Å²) in [6.45, 7) is 2.10. The van der Waals surface area contributed by atoms with Gasteiger partial charge in [-0.05, 0) is 25.2 Å². The topological polar surface area (TPSA) is 66.4 Å². The fourth-order valence-corrected chi connectivity index (χ4v) is 1.59. The molecular weight excluding hydrogens is 158 g/mol. The van der Waals surface area contributed by atoms with Crippen molar-refractivity contribution in [2.45, 2.75) is 32.2 Å². The predicted octanol–water partition coefficient (Wildman–Crippen LogP) is 0.376. The zero-order valence-corrected chi connectivity index (χ0v) is 7.04. The van der Waals surface area contributed by atoms with E-state index in [9.17, 15) is 9.59 Å². The number of rotatable bonds is 1. The number of carbonyl (C=O) groups is 2. The average molecular weight is 171 g/mol. The Morgan fingerprint density at radius 3 is 2.50 bits per heavy atom. The largest absolute Gasteiger partial charge is 0.474 e. The van der Waals surface area contributed by atoms with E-state index in [1.165, 1.54) is 0 Å². The van der Waals surface area contributed by atoms with Crippen LogP contribution in [0.2, 0.25) is 0 Å². The van der Waals surface area contributed by atoms with E-state index in [0.717, 1.165) is 19.3 Å². The summed E-state index contributed by atoms with van der Waals surface area (Å²) in [5.74, 6) is -1.67. The highest BCUT2D eigenvalue weighted by molar-refractivity contribution is 6.31. The first-order valence-corrected chi connectivity index (χ1v) is 4.13. The Balaban J connectivity index is 2.32. The van der Waals surface area contributed by atoms with Gasteiger partial charge in [-0.25, -0.2) is 4.79 Å². The first kappa shape index (κ1) is 9.03. The van der Waals surface area contributed by atoms with E-state index >= 15 is 0 Å². The maximum atomic E-state index is 10.7. The Bertz CT molecular complexity index is 202. The molecular formula is C8H13NO3. The van der Waals surface area contributed by atoms with Gasteiger partial charge in [0.1, 0.15) is 0 Å². The maximum absolute atomic E-state index is 10.7. The lowest BCUT2D eigenvalue weighted by atomic mass is 10.1. The van der Waals surface area contributed by atoms with E-state index in [4.69, 9.17) is 5.11 Å². The van der Waals surface area contributed by atoms with E-state index in [1.807, 2.05) is 0 Å². The number of carbonyl (C=O) groups excluding carboxylic acids is 1. The van der Waals surface area contributed by atoms with Crippen molar-refractivity contribution in [3.8, 4) is 0 Å². The molecule has 1 rings (SSSR count). The number of hydrogen-bond donors (Lipinski definition) is 2. The predicted molar refractivity (Wildman–Crippen MR) is 42.6 cm³/mol. The van der Waals surface area contributed by atoms with Crippen LogP contribution in [0.3, 0.4) is 0 Å². The van der Waals surface area contributed by atoms with Crippen molar-refractivity contribution in [2.75, 3.05) is 0 Å². The van der Waals surface area contributed by atoms with Crippen molar-refractivity contribution in [1.29, 1.82) is 0 Å². The van der Waals surface area contributed by atoms with Gasteiger partial charge in [0.25, 0.3) is 0 Å². The van der Waals surface area contributed by atoms with Crippen molar-refractivity contribution < 1.29 is 14.7 Å². The maximum Gasteiger partial charge on any atom is 0.394 e. The molecule has 0 radical (unpaired) electrons. The van der Waals surface area contributed by atoms with Crippen LogP contribution in [0.25, 0.3) is 0 Å². The average Bonchev–Trinajstić information content (AvgIpc) is 2.35. The molecule has 0 aromatic rings. The van der Waals surface area contributed by atoms with Crippen molar-refractivity contribution in [3.05, 3.63) is 0 Å². The lowest BCUT2D eigenvalue weighted by molar-refractivity contribution is -0.150. The minimum atomic E-state index is -1.39. The molecule has 4 heteroatoms. The van der Waals surface area contributed by atoms with Gasteiger partial charge in [-0.15, -0.1) is 0 Å². The Kier molecular flexibility index (Phi) is 2.68. The fraction of sp³-hybridized carbons (Fsp3) is 0.750. The summed E-state index contributed by atoms with van der Waals surface area (Å²) in [7, 11) is 0. The van der Waals surface area contributed by atoms with Gasteiger partial charge in [-0.2, -0.15) is 0 Å². The van der Waals surface area contributed by atoms with Crippen LogP contribution in [-0.2, 0) is 9.59 Å². The molecule has 1 amide bonds. The molecule has 2 N–H and O–H groups in total. The summed E-state index contributed by atoms with van der Waals surface area (Å²) >= 11 is 0. The molecule has 0 saturated heterocycles. The van der Waals surface area contributed by atoms with Gasteiger partial charge in [0.05, 0.1) is 0 Å². The highest BCUT2D eigenvalue weighted by atomic mass is 16.4. The standard InChI is InChI=1S/C8H13NO3/c1-5-2-3-6(4-5)9-7(10)8(11)12/h5-6H,2-4H2,1H3,(H,9,10)(H,11,12). The van der Waals surface area contributed by atoms with Crippen molar-refractivity contribution in [2.24, 2.45) is 5.92 Å². The SMILES string of the molecule is CC1CCC(NC(=O)C(=O)O)C1. The van der Waals surface area contributed by atoms with Gasteiger partial charge in [-0.1, -0.05) is 6.92 Å². The summed E-state index contributed by atoms with van der Waals surface area (Å²) < 4.78 is 0. The zero-order chi connectivity index (χ0) is 9.14. The number of aliphatic carboxylic acids is 1. The molecule has 0 bridgehead atoms. The van der Waals surface area contributed by atoms with Crippen molar-refractivity contribution in [3.63, 3.8) is 0 Å². The molecule has 4 nitrogen and oxygen atoms in total. The molecule has 12 heavy (non-hydrogen) atoms. The van der Waals surface area contributed by atoms with Gasteiger partial charge < -0.3 is 10.4 Å². The summed E-state index contributed by atoms with van der Waals surface area (Å²) in [4.78, 5) is 20.9. The first-order chi connectivity index (χ1) is 5.59. The van der Waals surface area contributed by atoms with E-state index in [-0.39, 0.29) is 6.04 Å². The Labute approximate surface area is 71.0 Å². The number of amides is 1. The third-order valence-electron chi connectivity index (χ3n) is 2.22. The van der Waals surface area contributed by atoms with E-state index in [2.05, 4.69) is 12.2 Å².